The highest BCUT2D eigenvalue weighted by atomic mass is 19.1. The molecule has 0 unspecified atom stereocenters. The van der Waals surface area contributed by atoms with Crippen LogP contribution >= 0.6 is 0 Å². The number of benzene rings is 2. The Kier molecular flexibility index (Phi) is 7.27. The van der Waals surface area contributed by atoms with E-state index in [2.05, 4.69) is 20.3 Å². The Hall–Kier alpha value is -4.07. The summed E-state index contributed by atoms with van der Waals surface area (Å²) in [5, 5.41) is 2.94. The van der Waals surface area contributed by atoms with Crippen LogP contribution < -0.4 is 11.1 Å². The fraction of sp³-hybridized carbons (Fsp3) is 0.231. The van der Waals surface area contributed by atoms with E-state index < -0.39 is 5.82 Å². The molecule has 8 heteroatoms. The lowest BCUT2D eigenvalue weighted by atomic mass is 9.89. The fourth-order valence-corrected chi connectivity index (χ4v) is 3.92. The highest BCUT2D eigenvalue weighted by Crippen LogP contribution is 2.26. The summed E-state index contributed by atoms with van der Waals surface area (Å²) < 4.78 is 12.4. The Balaban J connectivity index is 0.000000257. The number of hydrogen-bond acceptors (Lipinski definition) is 5. The normalized spacial score (nSPS) is 13.7. The molecule has 0 radical (unpaired) electrons. The van der Waals surface area contributed by atoms with Gasteiger partial charge in [-0.25, -0.2) is 14.4 Å². The van der Waals surface area contributed by atoms with Gasteiger partial charge in [-0.1, -0.05) is 31.4 Å². The summed E-state index contributed by atoms with van der Waals surface area (Å²) in [7, 11) is 0. The molecular formula is C26H26FN5O2. The largest absolute Gasteiger partial charge is 0.399 e. The second-order valence-electron chi connectivity index (χ2n) is 8.26. The molecule has 1 saturated carbocycles. The quantitative estimate of drug-likeness (QED) is 0.281. The highest BCUT2D eigenvalue weighted by molar-refractivity contribution is 5.93. The van der Waals surface area contributed by atoms with Gasteiger partial charge in [-0.05, 0) is 49.2 Å². The molecule has 1 fully saturated rings. The lowest BCUT2D eigenvalue weighted by molar-refractivity contribution is -0.120. The number of imidazole rings is 1. The predicted molar refractivity (Wildman–Crippen MR) is 131 cm³/mol. The number of nitrogen functional groups attached to an aromatic ring is 1. The van der Waals surface area contributed by atoms with Gasteiger partial charge in [0.1, 0.15) is 17.5 Å². The first-order valence-corrected chi connectivity index (χ1v) is 11.3. The predicted octanol–water partition coefficient (Wildman–Crippen LogP) is 5.36. The molecule has 2 heterocycles. The summed E-state index contributed by atoms with van der Waals surface area (Å²) in [5.41, 5.74) is 9.12. The number of fused-ring (bicyclic) bond motifs is 1. The third kappa shape index (κ3) is 5.64. The number of anilines is 2. The van der Waals surface area contributed by atoms with E-state index in [1.54, 1.807) is 18.3 Å². The highest BCUT2D eigenvalue weighted by Gasteiger charge is 2.21. The van der Waals surface area contributed by atoms with Crippen LogP contribution in [0.3, 0.4) is 0 Å². The standard InChI is InChI=1S/C19H21N5O.C7H5FO/c20-14-8-6-12(7-9-14)18-22-15-10-17(21-11-16(15)23-18)24-19(25)13-4-2-1-3-5-13;8-7-4-2-1-3-6(7)5-9/h6-11,13H,1-5,20H2,(H,22,23)(H,21,24,25);1-5H. The number of halogens is 1. The van der Waals surface area contributed by atoms with E-state index in [9.17, 15) is 14.0 Å². The van der Waals surface area contributed by atoms with Crippen molar-refractivity contribution in [3.8, 4) is 11.4 Å². The minimum atomic E-state index is -0.465. The van der Waals surface area contributed by atoms with Crippen molar-refractivity contribution in [1.82, 2.24) is 15.0 Å². The minimum Gasteiger partial charge on any atom is -0.399 e. The van der Waals surface area contributed by atoms with Crippen molar-refractivity contribution < 1.29 is 14.0 Å². The zero-order valence-corrected chi connectivity index (χ0v) is 18.6. The van der Waals surface area contributed by atoms with Gasteiger partial charge >= 0.3 is 0 Å². The molecule has 2 aromatic carbocycles. The van der Waals surface area contributed by atoms with E-state index in [1.807, 2.05) is 30.3 Å². The Morgan fingerprint density at radius 3 is 2.50 bits per heavy atom. The number of pyridine rings is 1. The maximum atomic E-state index is 12.4. The number of aldehydes is 1. The molecule has 0 atom stereocenters. The van der Waals surface area contributed by atoms with E-state index in [4.69, 9.17) is 5.73 Å². The van der Waals surface area contributed by atoms with Crippen LogP contribution in [-0.2, 0) is 4.79 Å². The van der Waals surface area contributed by atoms with Crippen LogP contribution in [0.15, 0.2) is 60.8 Å². The molecule has 0 saturated heterocycles. The van der Waals surface area contributed by atoms with Crippen LogP contribution in [0, 0.1) is 11.7 Å². The van der Waals surface area contributed by atoms with Gasteiger partial charge < -0.3 is 16.0 Å². The Labute approximate surface area is 196 Å². The van der Waals surface area contributed by atoms with Crippen LogP contribution in [-0.4, -0.2) is 27.1 Å². The minimum absolute atomic E-state index is 0.0702. The molecule has 0 spiro atoms. The summed E-state index contributed by atoms with van der Waals surface area (Å²) in [5.74, 6) is 1.02. The van der Waals surface area contributed by atoms with Gasteiger partial charge in [0.05, 0.1) is 22.8 Å². The topological polar surface area (TPSA) is 114 Å². The number of carbonyl (C=O) groups excluding carboxylic acids is 2. The number of nitrogens with zero attached hydrogens (tertiary/aromatic N) is 2. The van der Waals surface area contributed by atoms with Gasteiger partial charge in [0.15, 0.2) is 6.29 Å². The molecule has 0 bridgehead atoms. The zero-order valence-electron chi connectivity index (χ0n) is 18.6. The van der Waals surface area contributed by atoms with Crippen LogP contribution in [0.2, 0.25) is 0 Å². The van der Waals surface area contributed by atoms with Crippen LogP contribution in [0.4, 0.5) is 15.9 Å². The molecule has 174 valence electrons. The van der Waals surface area contributed by atoms with Gasteiger partial charge in [0.25, 0.3) is 0 Å². The number of nitrogens with two attached hydrogens (primary N) is 1. The second-order valence-corrected chi connectivity index (χ2v) is 8.26. The molecular weight excluding hydrogens is 433 g/mol. The Morgan fingerprint density at radius 1 is 1.09 bits per heavy atom. The van der Waals surface area contributed by atoms with Gasteiger partial charge in [0, 0.05) is 23.2 Å². The number of H-pyrrole nitrogens is 1. The van der Waals surface area contributed by atoms with Crippen LogP contribution in [0.5, 0.6) is 0 Å². The molecule has 1 aliphatic carbocycles. The summed E-state index contributed by atoms with van der Waals surface area (Å²) in [4.78, 5) is 34.6. The average molecular weight is 460 g/mol. The maximum Gasteiger partial charge on any atom is 0.228 e. The third-order valence-electron chi connectivity index (χ3n) is 5.81. The van der Waals surface area contributed by atoms with E-state index in [-0.39, 0.29) is 17.4 Å². The van der Waals surface area contributed by atoms with Crippen molar-refractivity contribution in [3.63, 3.8) is 0 Å². The van der Waals surface area contributed by atoms with Crippen molar-refractivity contribution in [1.29, 1.82) is 0 Å². The summed E-state index contributed by atoms with van der Waals surface area (Å²) in [6.07, 6.45) is 7.64. The molecule has 2 aromatic heterocycles. The smallest absolute Gasteiger partial charge is 0.228 e. The van der Waals surface area contributed by atoms with Gasteiger partial charge in [0.2, 0.25) is 5.91 Å². The summed E-state index contributed by atoms with van der Waals surface area (Å²) in [6.45, 7) is 0. The van der Waals surface area contributed by atoms with E-state index in [0.29, 0.717) is 17.8 Å². The molecule has 34 heavy (non-hydrogen) atoms. The first-order chi connectivity index (χ1) is 16.5. The lowest BCUT2D eigenvalue weighted by Gasteiger charge is -2.20. The van der Waals surface area contributed by atoms with Crippen molar-refractivity contribution in [2.75, 3.05) is 11.1 Å². The molecule has 1 amide bonds. The van der Waals surface area contributed by atoms with Gasteiger partial charge in [-0.15, -0.1) is 0 Å². The van der Waals surface area contributed by atoms with E-state index >= 15 is 0 Å². The van der Waals surface area contributed by atoms with Crippen molar-refractivity contribution in [3.05, 3.63) is 72.2 Å². The number of rotatable bonds is 4. The molecule has 0 aliphatic heterocycles. The van der Waals surface area contributed by atoms with E-state index in [0.717, 1.165) is 48.1 Å². The van der Waals surface area contributed by atoms with E-state index in [1.165, 1.54) is 18.6 Å². The first-order valence-electron chi connectivity index (χ1n) is 11.3. The third-order valence-corrected chi connectivity index (χ3v) is 5.81. The number of aromatic amines is 1. The Morgan fingerprint density at radius 2 is 1.82 bits per heavy atom. The number of amides is 1. The average Bonchev–Trinajstić information content (AvgIpc) is 3.29. The van der Waals surface area contributed by atoms with Gasteiger partial charge in [-0.2, -0.15) is 0 Å². The number of nitrogens with one attached hydrogen (secondary N) is 2. The lowest BCUT2D eigenvalue weighted by Crippen LogP contribution is -2.25. The molecule has 1 aliphatic rings. The number of carbonyl (C=O) groups is 2. The van der Waals surface area contributed by atoms with Crippen molar-refractivity contribution in [2.45, 2.75) is 32.1 Å². The Bertz CT molecular complexity index is 1280. The zero-order chi connectivity index (χ0) is 23.9. The van der Waals surface area contributed by atoms with Crippen molar-refractivity contribution >= 4 is 34.7 Å². The number of hydrogen-bond donors (Lipinski definition) is 3. The number of aromatic nitrogens is 3. The van der Waals surface area contributed by atoms with Gasteiger partial charge in [-0.3, -0.25) is 9.59 Å². The maximum absolute atomic E-state index is 12.4. The molecule has 5 rings (SSSR count). The fourth-order valence-electron chi connectivity index (χ4n) is 3.92. The summed E-state index contributed by atoms with van der Waals surface area (Å²) in [6, 6.07) is 15.2. The molecule has 7 nitrogen and oxygen atoms in total. The second kappa shape index (κ2) is 10.7. The summed E-state index contributed by atoms with van der Waals surface area (Å²) >= 11 is 0. The van der Waals surface area contributed by atoms with Crippen molar-refractivity contribution in [2.24, 2.45) is 5.92 Å². The molecule has 4 N–H and O–H groups in total. The first kappa shape index (κ1) is 23.1. The SMILES string of the molecule is Nc1ccc(-c2nc3cc(NC(=O)C4CCCCC4)ncc3[nH]2)cc1.O=Cc1ccccc1F. The monoisotopic (exact) mass is 459 g/mol. The molecule has 4 aromatic rings. The van der Waals surface area contributed by atoms with Crippen LogP contribution in [0.1, 0.15) is 42.5 Å². The van der Waals surface area contributed by atoms with Crippen LogP contribution in [0.25, 0.3) is 22.4 Å².